The van der Waals surface area contributed by atoms with E-state index in [-0.39, 0.29) is 12.1 Å². The highest BCUT2D eigenvalue weighted by molar-refractivity contribution is 5.91. The molecular weight excluding hydrogens is 178 g/mol. The molecule has 0 amide bonds. The maximum absolute atomic E-state index is 9.50. The summed E-state index contributed by atoms with van der Waals surface area (Å²) in [6.07, 6.45) is 2.19. The van der Waals surface area contributed by atoms with Crippen molar-refractivity contribution in [1.82, 2.24) is 4.90 Å². The first-order valence-corrected chi connectivity index (χ1v) is 5.14. The Morgan fingerprint density at radius 1 is 1.71 bits per heavy atom. The van der Waals surface area contributed by atoms with Crippen molar-refractivity contribution in [2.45, 2.75) is 39.3 Å². The molecular formula is C10H19N3O. The minimum atomic E-state index is -0.342. The van der Waals surface area contributed by atoms with Gasteiger partial charge in [-0.25, -0.2) is 0 Å². The third-order valence-corrected chi connectivity index (χ3v) is 2.51. The maximum Gasteiger partial charge on any atom is 0.101 e. The van der Waals surface area contributed by atoms with E-state index in [1.165, 1.54) is 0 Å². The normalized spacial score (nSPS) is 21.4. The van der Waals surface area contributed by atoms with Crippen LogP contribution in [0.1, 0.15) is 27.2 Å². The van der Waals surface area contributed by atoms with Gasteiger partial charge in [0.05, 0.1) is 25.0 Å². The molecule has 0 aromatic rings. The summed E-state index contributed by atoms with van der Waals surface area (Å²) in [7, 11) is 0. The molecule has 1 rings (SSSR count). The third kappa shape index (κ3) is 2.80. The van der Waals surface area contributed by atoms with E-state index in [0.717, 1.165) is 25.3 Å². The number of hydrogen-bond acceptors (Lipinski definition) is 3. The first-order chi connectivity index (χ1) is 6.65. The van der Waals surface area contributed by atoms with E-state index < -0.39 is 0 Å². The molecule has 2 unspecified atom stereocenters. The van der Waals surface area contributed by atoms with Gasteiger partial charge in [0.15, 0.2) is 0 Å². The topological polar surface area (TPSA) is 48.2 Å². The van der Waals surface area contributed by atoms with Crippen LogP contribution in [0.4, 0.5) is 0 Å². The van der Waals surface area contributed by atoms with Gasteiger partial charge in [-0.05, 0) is 20.3 Å². The lowest BCUT2D eigenvalue weighted by molar-refractivity contribution is 0.147. The molecule has 4 nitrogen and oxygen atoms in total. The standard InChI is InChI=1S/C10H19N3O/c1-4-10(14)8(2)12-7-13-6-5-11-9(13)3/h7-8,10,14H,4-6H2,1-3H3/b12-7-. The minimum absolute atomic E-state index is 0.0339. The van der Waals surface area contributed by atoms with Crippen molar-refractivity contribution in [3.05, 3.63) is 0 Å². The zero-order valence-electron chi connectivity index (χ0n) is 9.14. The van der Waals surface area contributed by atoms with Gasteiger partial charge in [-0.2, -0.15) is 0 Å². The summed E-state index contributed by atoms with van der Waals surface area (Å²) in [5, 5.41) is 9.50. The molecule has 0 fully saturated rings. The van der Waals surface area contributed by atoms with Gasteiger partial charge >= 0.3 is 0 Å². The zero-order valence-corrected chi connectivity index (χ0v) is 9.14. The fourth-order valence-electron chi connectivity index (χ4n) is 1.34. The molecule has 0 aromatic heterocycles. The Morgan fingerprint density at radius 2 is 2.43 bits per heavy atom. The van der Waals surface area contributed by atoms with Crippen LogP contribution in [0.2, 0.25) is 0 Å². The number of nitrogens with zero attached hydrogens (tertiary/aromatic N) is 3. The van der Waals surface area contributed by atoms with Crippen molar-refractivity contribution in [3.63, 3.8) is 0 Å². The highest BCUT2D eigenvalue weighted by Crippen LogP contribution is 2.03. The fraction of sp³-hybridized carbons (Fsp3) is 0.800. The molecule has 1 aliphatic rings. The van der Waals surface area contributed by atoms with Crippen molar-refractivity contribution in [2.75, 3.05) is 13.1 Å². The number of aliphatic hydroxyl groups excluding tert-OH is 1. The zero-order chi connectivity index (χ0) is 10.6. The number of amidine groups is 1. The van der Waals surface area contributed by atoms with E-state index in [1.54, 1.807) is 6.34 Å². The van der Waals surface area contributed by atoms with Gasteiger partial charge in [0.25, 0.3) is 0 Å². The molecule has 0 radical (unpaired) electrons. The van der Waals surface area contributed by atoms with Gasteiger partial charge in [0.1, 0.15) is 5.84 Å². The Kier molecular flexibility index (Phi) is 4.07. The van der Waals surface area contributed by atoms with Crippen LogP contribution in [0.15, 0.2) is 9.98 Å². The first-order valence-electron chi connectivity index (χ1n) is 5.14. The second-order valence-corrected chi connectivity index (χ2v) is 3.60. The van der Waals surface area contributed by atoms with E-state index >= 15 is 0 Å². The van der Waals surface area contributed by atoms with Gasteiger partial charge in [-0.15, -0.1) is 0 Å². The van der Waals surface area contributed by atoms with Gasteiger partial charge in [0, 0.05) is 6.54 Å². The summed E-state index contributed by atoms with van der Waals surface area (Å²) in [5.41, 5.74) is 0. The van der Waals surface area contributed by atoms with Crippen molar-refractivity contribution >= 4 is 12.2 Å². The summed E-state index contributed by atoms with van der Waals surface area (Å²) in [6, 6.07) is -0.0339. The predicted octanol–water partition coefficient (Wildman–Crippen LogP) is 0.908. The molecule has 4 heteroatoms. The van der Waals surface area contributed by atoms with Crippen LogP contribution in [0.3, 0.4) is 0 Å². The van der Waals surface area contributed by atoms with Crippen LogP contribution >= 0.6 is 0 Å². The van der Waals surface area contributed by atoms with Crippen LogP contribution in [0.25, 0.3) is 0 Å². The summed E-state index contributed by atoms with van der Waals surface area (Å²) in [4.78, 5) is 10.6. The molecule has 1 N–H and O–H groups in total. The van der Waals surface area contributed by atoms with E-state index in [0.29, 0.717) is 0 Å². The van der Waals surface area contributed by atoms with Gasteiger partial charge in [0.2, 0.25) is 0 Å². The van der Waals surface area contributed by atoms with Crippen LogP contribution in [0, 0.1) is 0 Å². The molecule has 0 aliphatic carbocycles. The highest BCUT2D eigenvalue weighted by atomic mass is 16.3. The van der Waals surface area contributed by atoms with Gasteiger partial charge < -0.3 is 10.0 Å². The van der Waals surface area contributed by atoms with Crippen LogP contribution in [0.5, 0.6) is 0 Å². The van der Waals surface area contributed by atoms with Crippen LogP contribution < -0.4 is 0 Å². The van der Waals surface area contributed by atoms with Crippen molar-refractivity contribution in [3.8, 4) is 0 Å². The molecule has 14 heavy (non-hydrogen) atoms. The van der Waals surface area contributed by atoms with Crippen molar-refractivity contribution in [1.29, 1.82) is 0 Å². The highest BCUT2D eigenvalue weighted by Gasteiger charge is 2.12. The van der Waals surface area contributed by atoms with E-state index in [2.05, 4.69) is 9.98 Å². The van der Waals surface area contributed by atoms with Gasteiger partial charge in [-0.3, -0.25) is 9.98 Å². The Bertz CT molecular complexity index is 238. The summed E-state index contributed by atoms with van der Waals surface area (Å²) < 4.78 is 0. The second-order valence-electron chi connectivity index (χ2n) is 3.60. The summed E-state index contributed by atoms with van der Waals surface area (Å²) in [5.74, 6) is 1.01. The van der Waals surface area contributed by atoms with E-state index in [9.17, 15) is 5.11 Å². The Labute approximate surface area is 85.4 Å². The number of hydrogen-bond donors (Lipinski definition) is 1. The number of aliphatic hydroxyl groups is 1. The lowest BCUT2D eigenvalue weighted by atomic mass is 10.1. The largest absolute Gasteiger partial charge is 0.391 e. The maximum atomic E-state index is 9.50. The molecule has 0 saturated carbocycles. The molecule has 1 heterocycles. The predicted molar refractivity (Wildman–Crippen MR) is 58.9 cm³/mol. The molecule has 0 aromatic carbocycles. The van der Waals surface area contributed by atoms with Crippen molar-refractivity contribution < 1.29 is 5.11 Å². The monoisotopic (exact) mass is 197 g/mol. The summed E-state index contributed by atoms with van der Waals surface area (Å²) >= 11 is 0. The second kappa shape index (κ2) is 5.10. The molecule has 1 aliphatic heterocycles. The molecule has 0 saturated heterocycles. The fourth-order valence-corrected chi connectivity index (χ4v) is 1.34. The minimum Gasteiger partial charge on any atom is -0.391 e. The van der Waals surface area contributed by atoms with Crippen LogP contribution in [-0.4, -0.2) is 47.4 Å². The van der Waals surface area contributed by atoms with Crippen LogP contribution in [-0.2, 0) is 0 Å². The van der Waals surface area contributed by atoms with E-state index in [4.69, 9.17) is 0 Å². The Morgan fingerprint density at radius 3 is 2.93 bits per heavy atom. The summed E-state index contributed by atoms with van der Waals surface area (Å²) in [6.45, 7) is 7.61. The smallest absolute Gasteiger partial charge is 0.101 e. The average Bonchev–Trinajstić information content (AvgIpc) is 2.59. The average molecular weight is 197 g/mol. The van der Waals surface area contributed by atoms with E-state index in [1.807, 2.05) is 25.7 Å². The lowest BCUT2D eigenvalue weighted by Crippen LogP contribution is -2.27. The third-order valence-electron chi connectivity index (χ3n) is 2.51. The Balaban J connectivity index is 2.43. The molecule has 2 atom stereocenters. The number of rotatable bonds is 4. The molecule has 0 bridgehead atoms. The van der Waals surface area contributed by atoms with Crippen molar-refractivity contribution in [2.24, 2.45) is 9.98 Å². The number of aliphatic imine (C=N–C) groups is 2. The SMILES string of the molecule is CCC(O)C(C)/N=C\N1CCN=C1C. The van der Waals surface area contributed by atoms with Gasteiger partial charge in [-0.1, -0.05) is 6.92 Å². The Hall–Kier alpha value is -0.900. The molecule has 80 valence electrons. The first kappa shape index (κ1) is 11.2. The quantitative estimate of drug-likeness (QED) is 0.538. The lowest BCUT2D eigenvalue weighted by Gasteiger charge is -2.15. The molecule has 0 spiro atoms.